The van der Waals surface area contributed by atoms with Crippen LogP contribution in [0.15, 0.2) is 0 Å². The monoisotopic (exact) mass is 212 g/mol. The van der Waals surface area contributed by atoms with Crippen LogP contribution in [0.4, 0.5) is 0 Å². The van der Waals surface area contributed by atoms with Gasteiger partial charge in [-0.2, -0.15) is 0 Å². The van der Waals surface area contributed by atoms with Crippen LogP contribution >= 0.6 is 0 Å². The smallest absolute Gasteiger partial charge is 0.0169 e. The van der Waals surface area contributed by atoms with Crippen molar-refractivity contribution < 1.29 is 0 Å². The highest BCUT2D eigenvalue weighted by Gasteiger charge is 2.19. The van der Waals surface area contributed by atoms with E-state index in [1.165, 1.54) is 51.7 Å². The Morgan fingerprint density at radius 1 is 1.00 bits per heavy atom. The summed E-state index contributed by atoms with van der Waals surface area (Å²) in [6.45, 7) is 10.6. The molecule has 2 unspecified atom stereocenters. The lowest BCUT2D eigenvalue weighted by Crippen LogP contribution is -2.54. The van der Waals surface area contributed by atoms with Crippen molar-refractivity contribution in [2.24, 2.45) is 0 Å². The van der Waals surface area contributed by atoms with Crippen LogP contribution in [0.3, 0.4) is 0 Å². The Bertz CT molecular complexity index is 149. The molecule has 1 rings (SSSR count). The Morgan fingerprint density at radius 2 is 1.60 bits per heavy atom. The van der Waals surface area contributed by atoms with Crippen LogP contribution in [-0.4, -0.2) is 36.6 Å². The summed E-state index contributed by atoms with van der Waals surface area (Å²) in [6.07, 6.45) is 6.99. The molecular weight excluding hydrogens is 184 g/mol. The van der Waals surface area contributed by atoms with E-state index in [1.54, 1.807) is 0 Å². The van der Waals surface area contributed by atoms with Crippen molar-refractivity contribution in [3.05, 3.63) is 0 Å². The highest BCUT2D eigenvalue weighted by molar-refractivity contribution is 4.80. The maximum absolute atomic E-state index is 3.58. The maximum atomic E-state index is 3.58. The lowest BCUT2D eigenvalue weighted by molar-refractivity contribution is 0.170. The topological polar surface area (TPSA) is 15.3 Å². The van der Waals surface area contributed by atoms with Gasteiger partial charge in [0, 0.05) is 25.2 Å². The van der Waals surface area contributed by atoms with E-state index in [4.69, 9.17) is 0 Å². The summed E-state index contributed by atoms with van der Waals surface area (Å²) >= 11 is 0. The number of hydrogen-bond acceptors (Lipinski definition) is 2. The molecule has 2 nitrogen and oxygen atoms in total. The Morgan fingerprint density at radius 3 is 2.20 bits per heavy atom. The predicted octanol–water partition coefficient (Wildman–Crippen LogP) is 2.64. The normalized spacial score (nSPS) is 28.2. The Hall–Kier alpha value is -0.0800. The van der Waals surface area contributed by atoms with Gasteiger partial charge in [-0.15, -0.1) is 0 Å². The first kappa shape index (κ1) is 13.0. The second kappa shape index (κ2) is 7.24. The molecule has 0 aromatic rings. The highest BCUT2D eigenvalue weighted by Crippen LogP contribution is 2.08. The van der Waals surface area contributed by atoms with Crippen molar-refractivity contribution in [1.82, 2.24) is 10.2 Å². The van der Waals surface area contributed by atoms with Crippen LogP contribution in [0, 0.1) is 0 Å². The first-order valence-electron chi connectivity index (χ1n) is 6.70. The van der Waals surface area contributed by atoms with E-state index in [0.717, 1.165) is 0 Å². The third kappa shape index (κ3) is 5.53. The van der Waals surface area contributed by atoms with Crippen LogP contribution in [0.1, 0.15) is 52.9 Å². The molecule has 0 aromatic carbocycles. The zero-order valence-corrected chi connectivity index (χ0v) is 10.8. The van der Waals surface area contributed by atoms with E-state index < -0.39 is 0 Å². The number of nitrogens with one attached hydrogen (secondary N) is 1. The van der Waals surface area contributed by atoms with Crippen LogP contribution in [0.2, 0.25) is 0 Å². The summed E-state index contributed by atoms with van der Waals surface area (Å²) in [7, 11) is 0. The summed E-state index contributed by atoms with van der Waals surface area (Å²) < 4.78 is 0. The van der Waals surface area contributed by atoms with Gasteiger partial charge in [0.15, 0.2) is 0 Å². The van der Waals surface area contributed by atoms with Gasteiger partial charge in [-0.25, -0.2) is 0 Å². The minimum atomic E-state index is 0.671. The molecule has 0 amide bonds. The molecule has 15 heavy (non-hydrogen) atoms. The van der Waals surface area contributed by atoms with E-state index in [-0.39, 0.29) is 0 Å². The van der Waals surface area contributed by atoms with Crippen LogP contribution < -0.4 is 5.32 Å². The minimum Gasteiger partial charge on any atom is -0.309 e. The molecule has 1 saturated heterocycles. The molecule has 0 spiro atoms. The van der Waals surface area contributed by atoms with E-state index in [1.807, 2.05) is 0 Å². The number of hydrogen-bond donors (Lipinski definition) is 1. The largest absolute Gasteiger partial charge is 0.309 e. The summed E-state index contributed by atoms with van der Waals surface area (Å²) in [5.41, 5.74) is 0. The molecular formula is C13H28N2. The lowest BCUT2D eigenvalue weighted by atomic mass is 10.1. The first-order chi connectivity index (χ1) is 7.22. The summed E-state index contributed by atoms with van der Waals surface area (Å²) in [5.74, 6) is 0. The molecule has 1 aliphatic rings. The van der Waals surface area contributed by atoms with Gasteiger partial charge in [0.05, 0.1) is 0 Å². The quantitative estimate of drug-likeness (QED) is 0.681. The van der Waals surface area contributed by atoms with Crippen molar-refractivity contribution in [2.45, 2.75) is 65.0 Å². The minimum absolute atomic E-state index is 0.671. The molecule has 0 saturated carbocycles. The molecule has 1 heterocycles. The van der Waals surface area contributed by atoms with E-state index in [0.29, 0.717) is 12.1 Å². The fourth-order valence-corrected chi connectivity index (χ4v) is 2.56. The fraction of sp³-hybridized carbons (Fsp3) is 1.00. The second-order valence-electron chi connectivity index (χ2n) is 5.14. The summed E-state index contributed by atoms with van der Waals surface area (Å²) in [5, 5.41) is 3.58. The Labute approximate surface area is 95.4 Å². The maximum Gasteiger partial charge on any atom is 0.0169 e. The SMILES string of the molecule is CCCCCCCN1CC(C)NC(C)C1. The molecule has 1 N–H and O–H groups in total. The molecule has 1 aliphatic heterocycles. The van der Waals surface area contributed by atoms with Gasteiger partial charge in [0.25, 0.3) is 0 Å². The Kier molecular flexibility index (Phi) is 6.26. The summed E-state index contributed by atoms with van der Waals surface area (Å²) in [6, 6.07) is 1.34. The fourth-order valence-electron chi connectivity index (χ4n) is 2.56. The molecule has 0 radical (unpaired) electrons. The standard InChI is InChI=1S/C13H28N2/c1-4-5-6-7-8-9-15-10-12(2)14-13(3)11-15/h12-14H,4-11H2,1-3H3. The third-order valence-corrected chi connectivity index (χ3v) is 3.21. The van der Waals surface area contributed by atoms with E-state index in [9.17, 15) is 0 Å². The molecule has 2 heteroatoms. The van der Waals surface area contributed by atoms with Crippen molar-refractivity contribution >= 4 is 0 Å². The van der Waals surface area contributed by atoms with E-state index in [2.05, 4.69) is 31.0 Å². The average Bonchev–Trinajstić information content (AvgIpc) is 2.16. The molecule has 0 aliphatic carbocycles. The zero-order chi connectivity index (χ0) is 11.1. The van der Waals surface area contributed by atoms with Gasteiger partial charge in [0.2, 0.25) is 0 Å². The molecule has 0 bridgehead atoms. The van der Waals surface area contributed by atoms with Crippen LogP contribution in [-0.2, 0) is 0 Å². The van der Waals surface area contributed by atoms with Crippen molar-refractivity contribution in [3.8, 4) is 0 Å². The van der Waals surface area contributed by atoms with Gasteiger partial charge in [-0.1, -0.05) is 32.6 Å². The third-order valence-electron chi connectivity index (χ3n) is 3.21. The number of rotatable bonds is 6. The van der Waals surface area contributed by atoms with Crippen LogP contribution in [0.25, 0.3) is 0 Å². The van der Waals surface area contributed by atoms with Crippen molar-refractivity contribution in [2.75, 3.05) is 19.6 Å². The number of piperazine rings is 1. The second-order valence-corrected chi connectivity index (χ2v) is 5.14. The van der Waals surface area contributed by atoms with Gasteiger partial charge in [-0.05, 0) is 26.8 Å². The lowest BCUT2D eigenvalue weighted by Gasteiger charge is -2.36. The first-order valence-corrected chi connectivity index (χ1v) is 6.70. The van der Waals surface area contributed by atoms with Gasteiger partial charge < -0.3 is 10.2 Å². The molecule has 2 atom stereocenters. The average molecular weight is 212 g/mol. The predicted molar refractivity (Wildman–Crippen MR) is 67.3 cm³/mol. The molecule has 90 valence electrons. The number of nitrogens with zero attached hydrogens (tertiary/aromatic N) is 1. The molecule has 1 fully saturated rings. The van der Waals surface area contributed by atoms with Gasteiger partial charge in [-0.3, -0.25) is 0 Å². The Balaban J connectivity index is 2.04. The van der Waals surface area contributed by atoms with E-state index >= 15 is 0 Å². The van der Waals surface area contributed by atoms with Crippen molar-refractivity contribution in [1.29, 1.82) is 0 Å². The highest BCUT2D eigenvalue weighted by atomic mass is 15.2. The molecule has 0 aromatic heterocycles. The van der Waals surface area contributed by atoms with Crippen LogP contribution in [0.5, 0.6) is 0 Å². The van der Waals surface area contributed by atoms with Crippen molar-refractivity contribution in [3.63, 3.8) is 0 Å². The zero-order valence-electron chi connectivity index (χ0n) is 10.8. The van der Waals surface area contributed by atoms with Gasteiger partial charge in [0.1, 0.15) is 0 Å². The number of unbranched alkanes of at least 4 members (excludes halogenated alkanes) is 4. The van der Waals surface area contributed by atoms with Gasteiger partial charge >= 0.3 is 0 Å². The summed E-state index contributed by atoms with van der Waals surface area (Å²) in [4.78, 5) is 2.62.